The van der Waals surface area contributed by atoms with Crippen molar-refractivity contribution in [2.75, 3.05) is 19.7 Å². The molecular weight excluding hydrogens is 409 g/mol. The summed E-state index contributed by atoms with van der Waals surface area (Å²) in [5, 5.41) is 4.03. The van der Waals surface area contributed by atoms with Gasteiger partial charge in [-0.05, 0) is 23.8 Å². The van der Waals surface area contributed by atoms with Crippen molar-refractivity contribution in [3.05, 3.63) is 82.9 Å². The summed E-state index contributed by atoms with van der Waals surface area (Å²) >= 11 is 0. The molecule has 1 saturated heterocycles. The lowest BCUT2D eigenvalue weighted by molar-refractivity contribution is -0.138. The van der Waals surface area contributed by atoms with Gasteiger partial charge in [-0.25, -0.2) is 0 Å². The topological polar surface area (TPSA) is 60.2 Å². The van der Waals surface area contributed by atoms with Crippen LogP contribution in [0.25, 0.3) is 0 Å². The number of benzene rings is 1. The third-order valence-electron chi connectivity index (χ3n) is 5.16. The van der Waals surface area contributed by atoms with Crippen LogP contribution in [0.3, 0.4) is 0 Å². The van der Waals surface area contributed by atoms with Crippen LogP contribution in [0.5, 0.6) is 0 Å². The number of carbonyl (C=O) groups is 1. The van der Waals surface area contributed by atoms with Crippen molar-refractivity contribution in [3.8, 4) is 0 Å². The Morgan fingerprint density at radius 3 is 2.74 bits per heavy atom. The van der Waals surface area contributed by atoms with Crippen molar-refractivity contribution in [1.82, 2.24) is 19.7 Å². The molecule has 31 heavy (non-hydrogen) atoms. The lowest BCUT2D eigenvalue weighted by Gasteiger charge is -2.32. The Morgan fingerprint density at radius 1 is 1.19 bits per heavy atom. The number of ether oxygens (including phenoxy) is 1. The molecule has 1 aliphatic rings. The number of alkyl halides is 3. The highest BCUT2D eigenvalue weighted by atomic mass is 19.4. The summed E-state index contributed by atoms with van der Waals surface area (Å²) in [5.74, 6) is -0.142. The Morgan fingerprint density at radius 2 is 2.00 bits per heavy atom. The van der Waals surface area contributed by atoms with Gasteiger partial charge in [-0.3, -0.25) is 14.5 Å². The molecule has 9 heteroatoms. The maximum atomic E-state index is 13.3. The summed E-state index contributed by atoms with van der Waals surface area (Å²) in [4.78, 5) is 18.9. The summed E-state index contributed by atoms with van der Waals surface area (Å²) < 4.78 is 47.3. The molecule has 1 aromatic carbocycles. The van der Waals surface area contributed by atoms with Crippen LogP contribution in [-0.4, -0.2) is 45.3 Å². The normalized spacial score (nSPS) is 17.0. The quantitative estimate of drug-likeness (QED) is 0.634. The van der Waals surface area contributed by atoms with Gasteiger partial charge < -0.3 is 9.64 Å². The van der Waals surface area contributed by atoms with E-state index in [1.54, 1.807) is 47.1 Å². The van der Waals surface area contributed by atoms with Crippen LogP contribution in [0.1, 0.15) is 39.0 Å². The summed E-state index contributed by atoms with van der Waals surface area (Å²) in [6.45, 7) is 1.10. The number of rotatable bonds is 4. The number of hydrogen-bond donors (Lipinski definition) is 0. The molecule has 1 amide bonds. The smallest absolute Gasteiger partial charge is 0.368 e. The molecule has 1 aliphatic heterocycles. The van der Waals surface area contributed by atoms with Crippen LogP contribution in [0.15, 0.2) is 54.9 Å². The zero-order chi connectivity index (χ0) is 22.0. The van der Waals surface area contributed by atoms with Gasteiger partial charge in [0, 0.05) is 31.9 Å². The first-order chi connectivity index (χ1) is 14.8. The minimum absolute atomic E-state index is 0.0502. The van der Waals surface area contributed by atoms with Gasteiger partial charge in [0.2, 0.25) is 0 Å². The molecule has 0 aliphatic carbocycles. The minimum atomic E-state index is -4.42. The first-order valence-corrected chi connectivity index (χ1v) is 9.82. The number of aromatic nitrogens is 3. The Bertz CT molecular complexity index is 1080. The molecule has 3 heterocycles. The van der Waals surface area contributed by atoms with E-state index in [1.807, 2.05) is 0 Å². The highest BCUT2D eigenvalue weighted by molar-refractivity contribution is 5.93. The molecule has 0 radical (unpaired) electrons. The lowest BCUT2D eigenvalue weighted by atomic mass is 10.0. The molecule has 0 bridgehead atoms. The molecule has 0 saturated carbocycles. The standard InChI is InChI=1S/C22H21F3N4O2/c1-28-13-16(12-26-28)21(30)29-9-10-31-20(14-29)19-8-4-6-17(27-19)11-15-5-2-3-7-18(15)22(23,24)25/h2-8,12-13,20H,9-11,14H2,1H3. The first-order valence-electron chi connectivity index (χ1n) is 9.82. The number of hydrogen-bond acceptors (Lipinski definition) is 4. The summed E-state index contributed by atoms with van der Waals surface area (Å²) in [7, 11) is 1.74. The van der Waals surface area contributed by atoms with Gasteiger partial charge >= 0.3 is 6.18 Å². The molecule has 2 aromatic heterocycles. The average molecular weight is 430 g/mol. The van der Waals surface area contributed by atoms with Gasteiger partial charge in [0.05, 0.1) is 36.2 Å². The Balaban J connectivity index is 1.51. The SMILES string of the molecule is Cn1cc(C(=O)N2CCOC(c3cccc(Cc4ccccc4C(F)(F)F)n3)C2)cn1. The molecule has 6 nitrogen and oxygen atoms in total. The van der Waals surface area contributed by atoms with E-state index >= 15 is 0 Å². The summed E-state index contributed by atoms with van der Waals surface area (Å²) in [5.41, 5.74) is 1.09. The van der Waals surface area contributed by atoms with Gasteiger partial charge in [-0.1, -0.05) is 24.3 Å². The molecular formula is C22H21F3N4O2. The summed E-state index contributed by atoms with van der Waals surface area (Å²) in [6, 6.07) is 10.7. The largest absolute Gasteiger partial charge is 0.416 e. The molecule has 1 atom stereocenters. The van der Waals surface area contributed by atoms with E-state index in [2.05, 4.69) is 10.1 Å². The second kappa shape index (κ2) is 8.50. The molecule has 162 valence electrons. The van der Waals surface area contributed by atoms with Gasteiger partial charge in [0.1, 0.15) is 6.10 Å². The van der Waals surface area contributed by atoms with Crippen LogP contribution in [-0.2, 0) is 24.4 Å². The highest BCUT2D eigenvalue weighted by Crippen LogP contribution is 2.33. The maximum Gasteiger partial charge on any atom is 0.416 e. The molecule has 4 rings (SSSR count). The van der Waals surface area contributed by atoms with Gasteiger partial charge in [-0.2, -0.15) is 18.3 Å². The van der Waals surface area contributed by atoms with Crippen molar-refractivity contribution in [2.45, 2.75) is 18.7 Å². The van der Waals surface area contributed by atoms with Crippen LogP contribution < -0.4 is 0 Å². The zero-order valence-corrected chi connectivity index (χ0v) is 16.8. The lowest BCUT2D eigenvalue weighted by Crippen LogP contribution is -2.42. The van der Waals surface area contributed by atoms with Crippen LogP contribution >= 0.6 is 0 Å². The third kappa shape index (κ3) is 4.77. The minimum Gasteiger partial charge on any atom is -0.368 e. The molecule has 3 aromatic rings. The maximum absolute atomic E-state index is 13.3. The van der Waals surface area contributed by atoms with Crippen LogP contribution in [0, 0.1) is 0 Å². The van der Waals surface area contributed by atoms with Crippen molar-refractivity contribution < 1.29 is 22.7 Å². The number of nitrogens with zero attached hydrogens (tertiary/aromatic N) is 4. The monoisotopic (exact) mass is 430 g/mol. The van der Waals surface area contributed by atoms with Crippen molar-refractivity contribution >= 4 is 5.91 Å². The molecule has 1 unspecified atom stereocenters. The van der Waals surface area contributed by atoms with Crippen LogP contribution in [0.2, 0.25) is 0 Å². The summed E-state index contributed by atoms with van der Waals surface area (Å²) in [6.07, 6.45) is -1.65. The van der Waals surface area contributed by atoms with Gasteiger partial charge in [0.15, 0.2) is 0 Å². The number of amides is 1. The Labute approximate surface area is 177 Å². The van der Waals surface area contributed by atoms with E-state index in [1.165, 1.54) is 18.3 Å². The van der Waals surface area contributed by atoms with Crippen LogP contribution in [0.4, 0.5) is 13.2 Å². The number of morpholine rings is 1. The van der Waals surface area contributed by atoms with E-state index < -0.39 is 17.8 Å². The van der Waals surface area contributed by atoms with E-state index in [4.69, 9.17) is 4.74 Å². The van der Waals surface area contributed by atoms with Gasteiger partial charge in [-0.15, -0.1) is 0 Å². The number of pyridine rings is 1. The Kier molecular flexibility index (Phi) is 5.77. The molecule has 0 N–H and O–H groups in total. The first kappa shape index (κ1) is 21.0. The third-order valence-corrected chi connectivity index (χ3v) is 5.16. The number of carbonyl (C=O) groups excluding carboxylic acids is 1. The Hall–Kier alpha value is -3.20. The molecule has 0 spiro atoms. The van der Waals surface area contributed by atoms with Gasteiger partial charge in [0.25, 0.3) is 5.91 Å². The second-order valence-electron chi connectivity index (χ2n) is 7.40. The predicted octanol–water partition coefficient (Wildman–Crippen LogP) is 3.64. The van der Waals surface area contributed by atoms with Crippen molar-refractivity contribution in [1.29, 1.82) is 0 Å². The van der Waals surface area contributed by atoms with E-state index in [0.717, 1.165) is 6.07 Å². The fourth-order valence-corrected chi connectivity index (χ4v) is 3.65. The van der Waals surface area contributed by atoms with Crippen molar-refractivity contribution in [3.63, 3.8) is 0 Å². The number of halogens is 3. The molecule has 1 fully saturated rings. The van der Waals surface area contributed by atoms with E-state index in [-0.39, 0.29) is 17.9 Å². The average Bonchev–Trinajstić information content (AvgIpc) is 3.19. The predicted molar refractivity (Wildman–Crippen MR) is 106 cm³/mol. The fraction of sp³-hybridized carbons (Fsp3) is 0.318. The second-order valence-corrected chi connectivity index (χ2v) is 7.40. The van der Waals surface area contributed by atoms with E-state index in [0.29, 0.717) is 36.6 Å². The number of aryl methyl sites for hydroxylation is 1. The van der Waals surface area contributed by atoms with Crippen molar-refractivity contribution in [2.24, 2.45) is 7.05 Å². The fourth-order valence-electron chi connectivity index (χ4n) is 3.65. The van der Waals surface area contributed by atoms with E-state index in [9.17, 15) is 18.0 Å². The zero-order valence-electron chi connectivity index (χ0n) is 16.8. The highest BCUT2D eigenvalue weighted by Gasteiger charge is 2.33.